The zero-order chi connectivity index (χ0) is 20.8. The summed E-state index contributed by atoms with van der Waals surface area (Å²) < 4.78 is 10.3. The van der Waals surface area contributed by atoms with Gasteiger partial charge in [0.15, 0.2) is 6.61 Å². The number of nitrogens with one attached hydrogen (secondary N) is 2. The van der Waals surface area contributed by atoms with Gasteiger partial charge in [-0.3, -0.25) is 19.7 Å². The Bertz CT molecular complexity index is 790. The number of amides is 4. The molecule has 1 saturated carbocycles. The summed E-state index contributed by atoms with van der Waals surface area (Å²) in [4.78, 5) is 49.7. The molecular weight excluding hydrogens is 378 g/mol. The summed E-state index contributed by atoms with van der Waals surface area (Å²) in [5, 5.41) is 4.87. The lowest BCUT2D eigenvalue weighted by Gasteiger charge is -2.19. The summed E-state index contributed by atoms with van der Waals surface area (Å²) >= 11 is 0. The highest BCUT2D eigenvalue weighted by atomic mass is 16.5. The van der Waals surface area contributed by atoms with Crippen LogP contribution in [0, 0.1) is 5.92 Å². The van der Waals surface area contributed by atoms with Gasteiger partial charge >= 0.3 is 12.0 Å². The SMILES string of the molecule is COc1ccccc1N1C[C@@H](C(=O)OCC(=O)NC(=O)NC2CCCC2)CC1=O. The van der Waals surface area contributed by atoms with Crippen molar-refractivity contribution in [3.05, 3.63) is 24.3 Å². The number of hydrogen-bond acceptors (Lipinski definition) is 6. The Labute approximate surface area is 168 Å². The van der Waals surface area contributed by atoms with Crippen molar-refractivity contribution in [1.82, 2.24) is 10.6 Å². The van der Waals surface area contributed by atoms with Crippen molar-refractivity contribution in [2.24, 2.45) is 5.92 Å². The van der Waals surface area contributed by atoms with Gasteiger partial charge in [0, 0.05) is 19.0 Å². The maximum Gasteiger partial charge on any atom is 0.321 e. The molecule has 1 atom stereocenters. The van der Waals surface area contributed by atoms with Gasteiger partial charge in [-0.2, -0.15) is 0 Å². The van der Waals surface area contributed by atoms with Crippen LogP contribution in [0.3, 0.4) is 0 Å². The fraction of sp³-hybridized carbons (Fsp3) is 0.500. The standard InChI is InChI=1S/C20H25N3O6/c1-28-16-9-5-4-8-15(16)23-11-13(10-18(23)25)19(26)29-12-17(24)22-20(27)21-14-6-2-3-7-14/h4-5,8-9,13-14H,2-3,6-7,10-12H2,1H3,(H2,21,22,24,27)/t13-/m0/s1. The number of urea groups is 1. The highest BCUT2D eigenvalue weighted by Gasteiger charge is 2.37. The van der Waals surface area contributed by atoms with E-state index in [0.717, 1.165) is 25.7 Å². The predicted octanol–water partition coefficient (Wildman–Crippen LogP) is 1.36. The van der Waals surface area contributed by atoms with Gasteiger partial charge in [-0.1, -0.05) is 25.0 Å². The second kappa shape index (κ2) is 9.40. The molecule has 9 nitrogen and oxygen atoms in total. The number of nitrogens with zero attached hydrogens (tertiary/aromatic N) is 1. The minimum atomic E-state index is -0.709. The summed E-state index contributed by atoms with van der Waals surface area (Å²) in [6.07, 6.45) is 3.90. The normalized spacial score (nSPS) is 19.1. The molecule has 29 heavy (non-hydrogen) atoms. The smallest absolute Gasteiger partial charge is 0.321 e. The molecule has 4 amide bonds. The fourth-order valence-corrected chi connectivity index (χ4v) is 3.66. The Morgan fingerprint density at radius 3 is 2.62 bits per heavy atom. The number of hydrogen-bond donors (Lipinski definition) is 2. The van der Waals surface area contributed by atoms with Gasteiger partial charge in [0.05, 0.1) is 18.7 Å². The van der Waals surface area contributed by atoms with Crippen LogP contribution in [0.4, 0.5) is 10.5 Å². The number of esters is 1. The van der Waals surface area contributed by atoms with Crippen LogP contribution in [0.1, 0.15) is 32.1 Å². The van der Waals surface area contributed by atoms with Crippen molar-refractivity contribution in [2.45, 2.75) is 38.1 Å². The monoisotopic (exact) mass is 403 g/mol. The van der Waals surface area contributed by atoms with Crippen molar-refractivity contribution >= 4 is 29.5 Å². The number of anilines is 1. The quantitative estimate of drug-likeness (QED) is 0.694. The Morgan fingerprint density at radius 2 is 1.90 bits per heavy atom. The van der Waals surface area contributed by atoms with Crippen LogP contribution in [-0.4, -0.2) is 50.1 Å². The van der Waals surface area contributed by atoms with E-state index < -0.39 is 30.4 Å². The molecule has 1 aliphatic heterocycles. The van der Waals surface area contributed by atoms with Crippen molar-refractivity contribution in [1.29, 1.82) is 0 Å². The lowest BCUT2D eigenvalue weighted by Crippen LogP contribution is -2.45. The third-order valence-corrected chi connectivity index (χ3v) is 5.12. The summed E-state index contributed by atoms with van der Waals surface area (Å²) in [6.45, 7) is -0.432. The molecule has 2 aliphatic rings. The van der Waals surface area contributed by atoms with Gasteiger partial charge in [-0.05, 0) is 25.0 Å². The third-order valence-electron chi connectivity index (χ3n) is 5.12. The first-order chi connectivity index (χ1) is 14.0. The molecule has 1 aromatic carbocycles. The summed E-state index contributed by atoms with van der Waals surface area (Å²) in [6, 6.07) is 6.52. The molecule has 0 aromatic heterocycles. The van der Waals surface area contributed by atoms with E-state index in [1.54, 1.807) is 24.3 Å². The minimum absolute atomic E-state index is 0.0132. The number of para-hydroxylation sites is 2. The lowest BCUT2D eigenvalue weighted by molar-refractivity contribution is -0.152. The van der Waals surface area contributed by atoms with Crippen molar-refractivity contribution in [2.75, 3.05) is 25.2 Å². The molecule has 9 heteroatoms. The van der Waals surface area contributed by atoms with Crippen LogP contribution in [0.5, 0.6) is 5.75 Å². The largest absolute Gasteiger partial charge is 0.495 e. The number of ether oxygens (including phenoxy) is 2. The number of imide groups is 1. The van der Waals surface area contributed by atoms with E-state index in [9.17, 15) is 19.2 Å². The van der Waals surface area contributed by atoms with Crippen LogP contribution >= 0.6 is 0 Å². The van der Waals surface area contributed by atoms with Gasteiger partial charge in [0.1, 0.15) is 5.75 Å². The number of methoxy groups -OCH3 is 1. The van der Waals surface area contributed by atoms with Crippen LogP contribution in [0.25, 0.3) is 0 Å². The van der Waals surface area contributed by atoms with Gasteiger partial charge in [-0.15, -0.1) is 0 Å². The Morgan fingerprint density at radius 1 is 1.17 bits per heavy atom. The zero-order valence-electron chi connectivity index (χ0n) is 16.3. The molecule has 2 N–H and O–H groups in total. The molecule has 156 valence electrons. The third kappa shape index (κ3) is 5.24. The number of carbonyl (C=O) groups is 4. The first kappa shape index (κ1) is 20.6. The molecule has 0 radical (unpaired) electrons. The molecule has 0 bridgehead atoms. The second-order valence-electron chi connectivity index (χ2n) is 7.19. The second-order valence-corrected chi connectivity index (χ2v) is 7.19. The van der Waals surface area contributed by atoms with Crippen LogP contribution < -0.4 is 20.3 Å². The molecule has 1 heterocycles. The van der Waals surface area contributed by atoms with Crippen molar-refractivity contribution in [3.63, 3.8) is 0 Å². The fourth-order valence-electron chi connectivity index (χ4n) is 3.66. The van der Waals surface area contributed by atoms with E-state index in [4.69, 9.17) is 9.47 Å². The van der Waals surface area contributed by atoms with Crippen molar-refractivity contribution < 1.29 is 28.7 Å². The first-order valence-electron chi connectivity index (χ1n) is 9.68. The topological polar surface area (TPSA) is 114 Å². The zero-order valence-corrected chi connectivity index (χ0v) is 16.3. The molecular formula is C20H25N3O6. The highest BCUT2D eigenvalue weighted by Crippen LogP contribution is 2.33. The number of rotatable bonds is 6. The molecule has 1 aromatic rings. The van der Waals surface area contributed by atoms with Crippen LogP contribution in [0.15, 0.2) is 24.3 Å². The highest BCUT2D eigenvalue weighted by molar-refractivity contribution is 6.01. The Balaban J connectivity index is 1.46. The summed E-state index contributed by atoms with van der Waals surface area (Å²) in [5.74, 6) is -1.74. The predicted molar refractivity (Wildman–Crippen MR) is 103 cm³/mol. The van der Waals surface area contributed by atoms with E-state index in [2.05, 4.69) is 10.6 Å². The van der Waals surface area contributed by atoms with E-state index in [0.29, 0.717) is 11.4 Å². The summed E-state index contributed by atoms with van der Waals surface area (Å²) in [5.41, 5.74) is 0.580. The van der Waals surface area contributed by atoms with E-state index in [1.807, 2.05) is 0 Å². The van der Waals surface area contributed by atoms with Crippen molar-refractivity contribution in [3.8, 4) is 5.75 Å². The Kier molecular flexibility index (Phi) is 6.69. The molecule has 3 rings (SSSR count). The Hall–Kier alpha value is -3.10. The van der Waals surface area contributed by atoms with Crippen LogP contribution in [0.2, 0.25) is 0 Å². The average Bonchev–Trinajstić information content (AvgIpc) is 3.35. The molecule has 2 fully saturated rings. The minimum Gasteiger partial charge on any atom is -0.495 e. The maximum atomic E-state index is 12.3. The van der Waals surface area contributed by atoms with E-state index in [1.165, 1.54) is 12.0 Å². The van der Waals surface area contributed by atoms with Gasteiger partial charge in [0.2, 0.25) is 5.91 Å². The van der Waals surface area contributed by atoms with Crippen LogP contribution in [-0.2, 0) is 19.1 Å². The number of carbonyl (C=O) groups excluding carboxylic acids is 4. The summed E-state index contributed by atoms with van der Waals surface area (Å²) in [7, 11) is 1.51. The lowest BCUT2D eigenvalue weighted by atomic mass is 10.1. The van der Waals surface area contributed by atoms with Gasteiger partial charge in [-0.25, -0.2) is 4.79 Å². The van der Waals surface area contributed by atoms with Gasteiger partial charge < -0.3 is 19.7 Å². The molecule has 0 spiro atoms. The van der Waals surface area contributed by atoms with Gasteiger partial charge in [0.25, 0.3) is 5.91 Å². The first-order valence-corrected chi connectivity index (χ1v) is 9.68. The average molecular weight is 403 g/mol. The van der Waals surface area contributed by atoms with E-state index in [-0.39, 0.29) is 24.9 Å². The molecule has 0 unspecified atom stereocenters. The molecule has 1 aliphatic carbocycles. The number of benzene rings is 1. The maximum absolute atomic E-state index is 12.3. The molecule has 1 saturated heterocycles. The van der Waals surface area contributed by atoms with E-state index >= 15 is 0 Å².